The van der Waals surface area contributed by atoms with Gasteiger partial charge in [-0.25, -0.2) is 0 Å². The van der Waals surface area contributed by atoms with E-state index in [-0.39, 0.29) is 17.4 Å². The number of H-pyrrole nitrogens is 1. The highest BCUT2D eigenvalue weighted by Gasteiger charge is 2.48. The van der Waals surface area contributed by atoms with Crippen LogP contribution in [0, 0.1) is 0 Å². The highest BCUT2D eigenvalue weighted by molar-refractivity contribution is 6.17. The van der Waals surface area contributed by atoms with Crippen LogP contribution in [0.2, 0.25) is 0 Å². The van der Waals surface area contributed by atoms with E-state index in [1.807, 2.05) is 0 Å². The number of aryl methyl sites for hydroxylation is 1. The fourth-order valence-electron chi connectivity index (χ4n) is 4.08. The highest BCUT2D eigenvalue weighted by Crippen LogP contribution is 2.42. The third-order valence-corrected chi connectivity index (χ3v) is 5.84. The molecule has 3 aromatic rings. The fraction of sp³-hybridized carbons (Fsp3) is 0.364. The molecular weight excluding hydrogens is 421 g/mol. The normalized spacial score (nSPS) is 18.2. The molecule has 0 fully saturated rings. The molecule has 1 aromatic heterocycles. The Bertz CT molecular complexity index is 1130. The van der Waals surface area contributed by atoms with Gasteiger partial charge >= 0.3 is 6.61 Å². The number of nitrogens with zero attached hydrogens (tertiary/aromatic N) is 1. The first-order valence-electron chi connectivity index (χ1n) is 10.0. The van der Waals surface area contributed by atoms with E-state index in [9.17, 15) is 24.1 Å². The van der Waals surface area contributed by atoms with Gasteiger partial charge in [-0.15, -0.1) is 0 Å². The van der Waals surface area contributed by atoms with Crippen molar-refractivity contribution in [3.05, 3.63) is 59.3 Å². The predicted molar refractivity (Wildman–Crippen MR) is 114 cm³/mol. The molecule has 1 aliphatic rings. The minimum atomic E-state index is -2.89. The molecule has 4 rings (SSSR count). The van der Waals surface area contributed by atoms with Crippen LogP contribution in [0.25, 0.3) is 10.9 Å². The van der Waals surface area contributed by atoms with Crippen LogP contribution in [0.4, 0.5) is 8.78 Å². The number of alkyl halides is 2. The number of hydrogen-bond acceptors (Lipinski definition) is 6. The molecule has 2 unspecified atom stereocenters. The lowest BCUT2D eigenvalue weighted by Gasteiger charge is -2.41. The summed E-state index contributed by atoms with van der Waals surface area (Å²) in [5.41, 5.74) is -0.239. The van der Waals surface area contributed by atoms with Gasteiger partial charge in [0.25, 0.3) is 0 Å². The molecule has 0 amide bonds. The molecule has 168 valence electrons. The first kappa shape index (κ1) is 22.5. The average Bonchev–Trinajstić information content (AvgIpc) is 3.32. The quantitative estimate of drug-likeness (QED) is 0.330. The number of benzene rings is 2. The lowest BCUT2D eigenvalue weighted by Crippen LogP contribution is -2.60. The third kappa shape index (κ3) is 3.73. The molecule has 1 aliphatic carbocycles. The Morgan fingerprint density at radius 3 is 2.62 bits per heavy atom. The van der Waals surface area contributed by atoms with Gasteiger partial charge in [-0.1, -0.05) is 12.1 Å². The van der Waals surface area contributed by atoms with Crippen LogP contribution in [0.1, 0.15) is 29.2 Å². The van der Waals surface area contributed by atoms with E-state index in [0.717, 1.165) is 16.0 Å². The molecule has 4 N–H and O–H groups in total. The second-order valence-electron chi connectivity index (χ2n) is 8.06. The van der Waals surface area contributed by atoms with Crippen molar-refractivity contribution in [1.82, 2.24) is 9.88 Å². The van der Waals surface area contributed by atoms with Crippen LogP contribution in [-0.4, -0.2) is 59.7 Å². The van der Waals surface area contributed by atoms with E-state index >= 15 is 0 Å². The number of aliphatic hydroxyl groups is 3. The second-order valence-corrected chi connectivity index (χ2v) is 8.06. The van der Waals surface area contributed by atoms with Crippen molar-refractivity contribution in [2.45, 2.75) is 37.0 Å². The molecular formula is C22H23BF2N2O5. The maximum Gasteiger partial charge on any atom is 0.387 e. The summed E-state index contributed by atoms with van der Waals surface area (Å²) in [6.45, 7) is -2.89. The topological polar surface area (TPSA) is 98.2 Å². The number of rotatable bonds is 7. The minimum absolute atomic E-state index is 0.0423. The van der Waals surface area contributed by atoms with Gasteiger partial charge in [-0.3, -0.25) is 4.90 Å². The van der Waals surface area contributed by atoms with Gasteiger partial charge in [0.15, 0.2) is 0 Å². The van der Waals surface area contributed by atoms with Crippen LogP contribution in [0.15, 0.2) is 42.6 Å². The maximum absolute atomic E-state index is 12.5. The van der Waals surface area contributed by atoms with Gasteiger partial charge in [-0.2, -0.15) is 8.78 Å². The first-order valence-corrected chi connectivity index (χ1v) is 10.0. The molecule has 32 heavy (non-hydrogen) atoms. The van der Waals surface area contributed by atoms with Crippen molar-refractivity contribution < 1.29 is 33.6 Å². The minimum Gasteiger partial charge on any atom is -0.485 e. The summed E-state index contributed by atoms with van der Waals surface area (Å²) in [7, 11) is 8.73. The Kier molecular flexibility index (Phi) is 5.66. The van der Waals surface area contributed by atoms with Crippen molar-refractivity contribution in [2.24, 2.45) is 0 Å². The number of halogens is 2. The predicted octanol–water partition coefficient (Wildman–Crippen LogP) is 2.35. The maximum atomic E-state index is 12.5. The van der Waals surface area contributed by atoms with Gasteiger partial charge in [0, 0.05) is 22.7 Å². The summed E-state index contributed by atoms with van der Waals surface area (Å²) in [4.78, 5) is 3.95. The Labute approximate surface area is 184 Å². The molecule has 2 atom stereocenters. The van der Waals surface area contributed by atoms with E-state index < -0.39 is 18.0 Å². The van der Waals surface area contributed by atoms with Crippen LogP contribution in [0.5, 0.6) is 11.5 Å². The molecule has 0 bridgehead atoms. The monoisotopic (exact) mass is 444 g/mol. The summed E-state index contributed by atoms with van der Waals surface area (Å²) < 4.78 is 35.7. The fourth-order valence-corrected chi connectivity index (χ4v) is 4.08. The van der Waals surface area contributed by atoms with Crippen LogP contribution < -0.4 is 9.47 Å². The molecule has 2 radical (unpaired) electrons. The number of ether oxygens (including phenoxy) is 2. The van der Waals surface area contributed by atoms with Crippen molar-refractivity contribution in [2.75, 3.05) is 14.1 Å². The SMILES string of the molecule is [B]C(O)(c1c[nH]c2cccc(OC3CCc4cc(OC(F)F)ccc43)c12)C(O)(O)N(C)C. The molecule has 7 nitrogen and oxygen atoms in total. The number of likely N-dealkylation sites (N-methyl/N-ethyl adjacent to an activating group) is 1. The summed E-state index contributed by atoms with van der Waals surface area (Å²) in [5.74, 6) is -2.30. The Morgan fingerprint density at radius 1 is 1.19 bits per heavy atom. The van der Waals surface area contributed by atoms with Gasteiger partial charge in [0.2, 0.25) is 5.91 Å². The third-order valence-electron chi connectivity index (χ3n) is 5.84. The standard InChI is InChI=1S/C22H23BF2N2O5/c1-27(2)22(29,30)21(23,28)15-11-26-16-4-3-5-18(19(15)16)32-17-9-6-12-10-13(31-20(24)25)7-8-14(12)17/h3-5,7-8,10-11,17,20,26,28-30H,6,9H2,1-2H3. The summed E-state index contributed by atoms with van der Waals surface area (Å²) in [5, 5.41) is 32.2. The average molecular weight is 444 g/mol. The Morgan fingerprint density at radius 2 is 1.94 bits per heavy atom. The number of fused-ring (bicyclic) bond motifs is 2. The lowest BCUT2D eigenvalue weighted by molar-refractivity contribution is -0.318. The van der Waals surface area contributed by atoms with E-state index in [1.54, 1.807) is 30.3 Å². The lowest BCUT2D eigenvalue weighted by atomic mass is 9.72. The van der Waals surface area contributed by atoms with Crippen LogP contribution in [0.3, 0.4) is 0 Å². The molecule has 1 heterocycles. The molecule has 10 heteroatoms. The largest absolute Gasteiger partial charge is 0.485 e. The smallest absolute Gasteiger partial charge is 0.387 e. The number of aromatic nitrogens is 1. The van der Waals surface area contributed by atoms with E-state index in [0.29, 0.717) is 29.5 Å². The zero-order valence-electron chi connectivity index (χ0n) is 17.5. The number of aromatic amines is 1. The van der Waals surface area contributed by atoms with Gasteiger partial charge < -0.3 is 29.8 Å². The zero-order valence-corrected chi connectivity index (χ0v) is 17.5. The highest BCUT2D eigenvalue weighted by atomic mass is 19.3. The molecule has 2 aromatic carbocycles. The number of nitrogens with one attached hydrogen (secondary N) is 1. The summed E-state index contributed by atoms with van der Waals surface area (Å²) >= 11 is 0. The molecule has 0 aliphatic heterocycles. The van der Waals surface area contributed by atoms with Gasteiger partial charge in [0.1, 0.15) is 30.9 Å². The summed E-state index contributed by atoms with van der Waals surface area (Å²) in [6, 6.07) is 9.92. The number of hydrogen-bond donors (Lipinski definition) is 4. The van der Waals surface area contributed by atoms with Crippen LogP contribution in [-0.2, 0) is 11.9 Å². The Hall–Kier alpha value is -2.66. The van der Waals surface area contributed by atoms with Crippen molar-refractivity contribution in [3.63, 3.8) is 0 Å². The molecule has 0 saturated carbocycles. The molecule has 0 spiro atoms. The molecule has 0 saturated heterocycles. The summed E-state index contributed by atoms with van der Waals surface area (Å²) in [6.07, 6.45) is 2.26. The van der Waals surface area contributed by atoms with E-state index in [1.165, 1.54) is 26.4 Å². The van der Waals surface area contributed by atoms with Crippen LogP contribution >= 0.6 is 0 Å². The van der Waals surface area contributed by atoms with Crippen molar-refractivity contribution >= 4 is 18.7 Å². The van der Waals surface area contributed by atoms with E-state index in [4.69, 9.17) is 12.6 Å². The zero-order chi connectivity index (χ0) is 23.3. The van der Waals surface area contributed by atoms with Crippen molar-refractivity contribution in [3.8, 4) is 11.5 Å². The van der Waals surface area contributed by atoms with E-state index in [2.05, 4.69) is 9.72 Å². The second kappa shape index (κ2) is 8.04. The Balaban J connectivity index is 1.70. The first-order chi connectivity index (χ1) is 15.0. The van der Waals surface area contributed by atoms with Crippen molar-refractivity contribution in [1.29, 1.82) is 0 Å². The van der Waals surface area contributed by atoms with Gasteiger partial charge in [0.05, 0.1) is 0 Å². The van der Waals surface area contributed by atoms with Gasteiger partial charge in [-0.05, 0) is 62.3 Å².